The van der Waals surface area contributed by atoms with E-state index in [1.807, 2.05) is 66.7 Å². The van der Waals surface area contributed by atoms with Gasteiger partial charge in [-0.3, -0.25) is 4.79 Å². The predicted octanol–water partition coefficient (Wildman–Crippen LogP) is 4.25. The summed E-state index contributed by atoms with van der Waals surface area (Å²) in [6.45, 7) is 1.62. The highest BCUT2D eigenvalue weighted by Gasteiger charge is 2.27. The number of nitriles is 1. The Hall–Kier alpha value is -3.63. The molecule has 0 spiro atoms. The molecule has 0 aliphatic heterocycles. The van der Waals surface area contributed by atoms with Crippen LogP contribution in [-0.2, 0) is 20.9 Å². The third-order valence-electron chi connectivity index (χ3n) is 4.47. The Balaban J connectivity index is 1.90. The van der Waals surface area contributed by atoms with Gasteiger partial charge < -0.3 is 15.2 Å². The van der Waals surface area contributed by atoms with Gasteiger partial charge >= 0.3 is 11.9 Å². The van der Waals surface area contributed by atoms with E-state index in [1.54, 1.807) is 6.92 Å². The molecule has 0 aliphatic carbocycles. The monoisotopic (exact) mass is 420 g/mol. The molecule has 0 aliphatic rings. The number of ether oxygens (including phenoxy) is 2. The molecule has 3 rings (SSSR count). The predicted molar refractivity (Wildman–Crippen MR) is 114 cm³/mol. The van der Waals surface area contributed by atoms with Gasteiger partial charge in [0.1, 0.15) is 28.5 Å². The normalized spacial score (nSPS) is 10.4. The highest BCUT2D eigenvalue weighted by atomic mass is 32.1. The molecule has 2 N–H and O–H groups in total. The number of carbonyl (C=O) groups is 2. The zero-order valence-corrected chi connectivity index (χ0v) is 17.1. The Bertz CT molecular complexity index is 1030. The number of benzene rings is 2. The summed E-state index contributed by atoms with van der Waals surface area (Å²) < 4.78 is 10.6. The maximum absolute atomic E-state index is 13.1. The number of rotatable bonds is 7. The zero-order valence-electron chi connectivity index (χ0n) is 16.3. The van der Waals surface area contributed by atoms with Crippen LogP contribution in [0.4, 0.5) is 5.00 Å². The lowest BCUT2D eigenvalue weighted by atomic mass is 9.91. The number of hydrogen-bond donors (Lipinski definition) is 1. The Labute approximate surface area is 178 Å². The fourth-order valence-corrected chi connectivity index (χ4v) is 4.01. The third-order valence-corrected chi connectivity index (χ3v) is 5.51. The minimum atomic E-state index is -0.639. The van der Waals surface area contributed by atoms with Gasteiger partial charge in [0.2, 0.25) is 0 Å². The van der Waals surface area contributed by atoms with Crippen LogP contribution in [0.3, 0.4) is 0 Å². The second kappa shape index (κ2) is 9.72. The lowest BCUT2D eigenvalue weighted by Crippen LogP contribution is -2.18. The molecule has 2 aromatic carbocycles. The Morgan fingerprint density at radius 3 is 2.10 bits per heavy atom. The SMILES string of the molecule is CCOC(=O)c1sc(N)c(C#N)c1COC(=O)C(c1ccccc1)c1ccccc1. The van der Waals surface area contributed by atoms with E-state index in [4.69, 9.17) is 15.2 Å². The summed E-state index contributed by atoms with van der Waals surface area (Å²) in [7, 11) is 0. The average molecular weight is 420 g/mol. The molecule has 30 heavy (non-hydrogen) atoms. The fourth-order valence-electron chi connectivity index (χ4n) is 3.09. The first kappa shape index (κ1) is 21.1. The van der Waals surface area contributed by atoms with Crippen molar-refractivity contribution >= 4 is 28.3 Å². The van der Waals surface area contributed by atoms with Gasteiger partial charge in [-0.2, -0.15) is 5.26 Å². The van der Waals surface area contributed by atoms with Gasteiger partial charge in [0.25, 0.3) is 0 Å². The number of nitrogens with zero attached hydrogens (tertiary/aromatic N) is 1. The van der Waals surface area contributed by atoms with Crippen molar-refractivity contribution in [1.82, 2.24) is 0 Å². The summed E-state index contributed by atoms with van der Waals surface area (Å²) >= 11 is 0.956. The maximum Gasteiger partial charge on any atom is 0.348 e. The van der Waals surface area contributed by atoms with Gasteiger partial charge in [-0.1, -0.05) is 60.7 Å². The van der Waals surface area contributed by atoms with Crippen molar-refractivity contribution in [2.24, 2.45) is 0 Å². The first-order chi connectivity index (χ1) is 14.6. The van der Waals surface area contributed by atoms with Crippen LogP contribution in [0, 0.1) is 11.3 Å². The molecular formula is C23H20N2O4S. The molecule has 6 nitrogen and oxygen atoms in total. The van der Waals surface area contributed by atoms with Crippen molar-refractivity contribution in [1.29, 1.82) is 5.26 Å². The highest BCUT2D eigenvalue weighted by molar-refractivity contribution is 7.18. The molecule has 0 bridgehead atoms. The molecular weight excluding hydrogens is 400 g/mol. The van der Waals surface area contributed by atoms with Gasteiger partial charge in [-0.25, -0.2) is 4.79 Å². The van der Waals surface area contributed by atoms with E-state index in [2.05, 4.69) is 0 Å². The van der Waals surface area contributed by atoms with E-state index < -0.39 is 17.9 Å². The van der Waals surface area contributed by atoms with Crippen molar-refractivity contribution in [3.05, 3.63) is 87.8 Å². The first-order valence-corrected chi connectivity index (χ1v) is 10.1. The maximum atomic E-state index is 13.1. The quantitative estimate of drug-likeness (QED) is 0.573. The van der Waals surface area contributed by atoms with E-state index in [0.29, 0.717) is 0 Å². The van der Waals surface area contributed by atoms with Crippen LogP contribution in [0.15, 0.2) is 60.7 Å². The number of nitrogens with two attached hydrogens (primary N) is 1. The molecule has 0 radical (unpaired) electrons. The molecule has 0 unspecified atom stereocenters. The smallest absolute Gasteiger partial charge is 0.348 e. The van der Waals surface area contributed by atoms with Crippen molar-refractivity contribution in [3.63, 3.8) is 0 Å². The van der Waals surface area contributed by atoms with Gasteiger partial charge in [0.05, 0.1) is 12.2 Å². The topological polar surface area (TPSA) is 102 Å². The molecule has 1 heterocycles. The third kappa shape index (κ3) is 4.50. The van der Waals surface area contributed by atoms with Gasteiger partial charge in [0, 0.05) is 5.56 Å². The Morgan fingerprint density at radius 2 is 1.60 bits per heavy atom. The molecule has 0 fully saturated rings. The zero-order chi connectivity index (χ0) is 21.5. The summed E-state index contributed by atoms with van der Waals surface area (Å²) in [5.41, 5.74) is 7.85. The molecule has 152 valence electrons. The Morgan fingerprint density at radius 1 is 1.03 bits per heavy atom. The summed E-state index contributed by atoms with van der Waals surface area (Å²) in [4.78, 5) is 25.5. The standard InChI is InChI=1S/C23H20N2O4S/c1-2-28-23(27)20-18(17(13-24)21(25)30-20)14-29-22(26)19(15-9-5-3-6-10-15)16-11-7-4-8-12-16/h3-12,19H,2,14,25H2,1H3. The summed E-state index contributed by atoms with van der Waals surface area (Å²) in [6, 6.07) is 20.5. The number of hydrogen-bond acceptors (Lipinski definition) is 7. The van der Waals surface area contributed by atoms with Crippen LogP contribution in [0.1, 0.15) is 44.8 Å². The molecule has 7 heteroatoms. The van der Waals surface area contributed by atoms with Crippen LogP contribution in [-0.4, -0.2) is 18.5 Å². The van der Waals surface area contributed by atoms with Crippen molar-refractivity contribution in [2.75, 3.05) is 12.3 Å². The number of carbonyl (C=O) groups excluding carboxylic acids is 2. The molecule has 0 saturated heterocycles. The lowest BCUT2D eigenvalue weighted by Gasteiger charge is -2.17. The van der Waals surface area contributed by atoms with E-state index in [9.17, 15) is 14.9 Å². The van der Waals surface area contributed by atoms with Crippen LogP contribution in [0.25, 0.3) is 0 Å². The highest BCUT2D eigenvalue weighted by Crippen LogP contribution is 2.33. The molecule has 0 amide bonds. The largest absolute Gasteiger partial charge is 0.462 e. The van der Waals surface area contributed by atoms with Gasteiger partial charge in [-0.15, -0.1) is 11.3 Å². The van der Waals surface area contributed by atoms with Crippen molar-refractivity contribution in [2.45, 2.75) is 19.4 Å². The molecule has 0 saturated carbocycles. The van der Waals surface area contributed by atoms with Crippen LogP contribution in [0.5, 0.6) is 0 Å². The number of nitrogen functional groups attached to an aromatic ring is 1. The van der Waals surface area contributed by atoms with E-state index in [1.165, 1.54) is 0 Å². The Kier molecular flexibility index (Phi) is 6.83. The van der Waals surface area contributed by atoms with Crippen LogP contribution >= 0.6 is 11.3 Å². The second-order valence-electron chi connectivity index (χ2n) is 6.34. The van der Waals surface area contributed by atoms with Crippen LogP contribution in [0.2, 0.25) is 0 Å². The fraction of sp³-hybridized carbons (Fsp3) is 0.174. The van der Waals surface area contributed by atoms with E-state index in [-0.39, 0.29) is 34.2 Å². The molecule has 0 atom stereocenters. The number of anilines is 1. The van der Waals surface area contributed by atoms with Gasteiger partial charge in [-0.05, 0) is 18.1 Å². The minimum Gasteiger partial charge on any atom is -0.462 e. The number of esters is 2. The lowest BCUT2D eigenvalue weighted by molar-refractivity contribution is -0.145. The summed E-state index contributed by atoms with van der Waals surface area (Å²) in [5.74, 6) is -1.72. The van der Waals surface area contributed by atoms with Crippen molar-refractivity contribution < 1.29 is 19.1 Å². The second-order valence-corrected chi connectivity index (χ2v) is 7.40. The molecule has 1 aromatic heterocycles. The first-order valence-electron chi connectivity index (χ1n) is 9.31. The summed E-state index contributed by atoms with van der Waals surface area (Å²) in [6.07, 6.45) is 0. The van der Waals surface area contributed by atoms with Crippen LogP contribution < -0.4 is 5.73 Å². The molecule has 3 aromatic rings. The van der Waals surface area contributed by atoms with E-state index >= 15 is 0 Å². The van der Waals surface area contributed by atoms with Gasteiger partial charge in [0.15, 0.2) is 0 Å². The average Bonchev–Trinajstić information content (AvgIpc) is 3.09. The number of thiophene rings is 1. The van der Waals surface area contributed by atoms with E-state index in [0.717, 1.165) is 22.5 Å². The minimum absolute atomic E-state index is 0.131. The van der Waals surface area contributed by atoms with Crippen molar-refractivity contribution in [3.8, 4) is 6.07 Å². The summed E-state index contributed by atoms with van der Waals surface area (Å²) in [5, 5.41) is 9.63.